The minimum absolute atomic E-state index is 0.206. The second-order valence-electron chi connectivity index (χ2n) is 8.18. The van der Waals surface area contributed by atoms with Crippen LogP contribution in [0.4, 0.5) is 0 Å². The van der Waals surface area contributed by atoms with E-state index in [-0.39, 0.29) is 5.69 Å². The smallest absolute Gasteiger partial charge is 0.352 e. The maximum Gasteiger partial charge on any atom is 0.352 e. The van der Waals surface area contributed by atoms with Crippen LogP contribution >= 0.6 is 0 Å². The van der Waals surface area contributed by atoms with Crippen LogP contribution in [0, 0.1) is 6.92 Å². The molecule has 0 saturated heterocycles. The molecule has 0 unspecified atom stereocenters. The molecule has 0 bridgehead atoms. The number of aryl methyl sites for hydroxylation is 1. The molecule has 3 aromatic carbocycles. The molecule has 0 aliphatic carbocycles. The van der Waals surface area contributed by atoms with Crippen molar-refractivity contribution in [2.24, 2.45) is 0 Å². The lowest BCUT2D eigenvalue weighted by molar-refractivity contribution is 0.0684. The summed E-state index contributed by atoms with van der Waals surface area (Å²) in [6.45, 7) is 2.71. The SMILES string of the molecule is Cc1cccc(-c2nccc3c2cc(C(=O)O)n3CCOc2ccc(Oc3ccccc3)cc2)c1. The molecule has 0 spiro atoms. The normalized spacial score (nSPS) is 10.9. The first-order valence-corrected chi connectivity index (χ1v) is 11.3. The van der Waals surface area contributed by atoms with Gasteiger partial charge in [0.25, 0.3) is 0 Å². The van der Waals surface area contributed by atoms with Crippen LogP contribution in [0.15, 0.2) is 97.2 Å². The predicted molar refractivity (Wildman–Crippen MR) is 135 cm³/mol. The average Bonchev–Trinajstić information content (AvgIpc) is 3.25. The first kappa shape index (κ1) is 22.2. The molecule has 0 atom stereocenters. The van der Waals surface area contributed by atoms with Gasteiger partial charge in [-0.2, -0.15) is 0 Å². The molecule has 6 heteroatoms. The van der Waals surface area contributed by atoms with Gasteiger partial charge in [-0.05, 0) is 61.5 Å². The van der Waals surface area contributed by atoms with Crippen LogP contribution in [0.5, 0.6) is 17.2 Å². The third-order valence-corrected chi connectivity index (χ3v) is 5.73. The maximum absolute atomic E-state index is 12.0. The second-order valence-corrected chi connectivity index (χ2v) is 8.18. The molecule has 0 aliphatic rings. The number of para-hydroxylation sites is 1. The quantitative estimate of drug-likeness (QED) is 0.281. The Balaban J connectivity index is 1.34. The first-order valence-electron chi connectivity index (χ1n) is 11.3. The van der Waals surface area contributed by atoms with E-state index in [9.17, 15) is 9.90 Å². The fourth-order valence-electron chi connectivity index (χ4n) is 4.11. The van der Waals surface area contributed by atoms with Gasteiger partial charge in [-0.3, -0.25) is 4.98 Å². The van der Waals surface area contributed by atoms with Crippen molar-refractivity contribution in [1.29, 1.82) is 0 Å². The number of benzene rings is 3. The minimum Gasteiger partial charge on any atom is -0.492 e. The van der Waals surface area contributed by atoms with Gasteiger partial charge in [0.15, 0.2) is 0 Å². The Kier molecular flexibility index (Phi) is 6.18. The van der Waals surface area contributed by atoms with Gasteiger partial charge in [-0.25, -0.2) is 4.79 Å². The fraction of sp³-hybridized carbons (Fsp3) is 0.103. The van der Waals surface area contributed by atoms with E-state index in [2.05, 4.69) is 4.98 Å². The summed E-state index contributed by atoms with van der Waals surface area (Å²) in [6.07, 6.45) is 1.72. The Morgan fingerprint density at radius 2 is 1.63 bits per heavy atom. The summed E-state index contributed by atoms with van der Waals surface area (Å²) in [5.41, 5.74) is 3.86. The minimum atomic E-state index is -0.987. The molecule has 35 heavy (non-hydrogen) atoms. The number of pyridine rings is 1. The van der Waals surface area contributed by atoms with Crippen molar-refractivity contribution >= 4 is 16.9 Å². The molecule has 6 nitrogen and oxygen atoms in total. The number of hydrogen-bond donors (Lipinski definition) is 1. The van der Waals surface area contributed by atoms with Crippen LogP contribution in [0.2, 0.25) is 0 Å². The van der Waals surface area contributed by atoms with Gasteiger partial charge >= 0.3 is 5.97 Å². The lowest BCUT2D eigenvalue weighted by Crippen LogP contribution is -2.13. The van der Waals surface area contributed by atoms with Crippen molar-refractivity contribution in [2.75, 3.05) is 6.61 Å². The molecule has 174 valence electrons. The van der Waals surface area contributed by atoms with Crippen molar-refractivity contribution in [3.63, 3.8) is 0 Å². The summed E-state index contributed by atoms with van der Waals surface area (Å²) < 4.78 is 13.5. The zero-order valence-electron chi connectivity index (χ0n) is 19.2. The molecule has 2 aromatic heterocycles. The van der Waals surface area contributed by atoms with E-state index in [1.54, 1.807) is 16.8 Å². The fourth-order valence-corrected chi connectivity index (χ4v) is 4.11. The number of ether oxygens (including phenoxy) is 2. The van der Waals surface area contributed by atoms with E-state index >= 15 is 0 Å². The molecule has 2 heterocycles. The molecule has 1 N–H and O–H groups in total. The molecule has 5 aromatic rings. The number of carboxylic acid groups (broad SMARTS) is 1. The highest BCUT2D eigenvalue weighted by Gasteiger charge is 2.18. The summed E-state index contributed by atoms with van der Waals surface area (Å²) in [7, 11) is 0. The average molecular weight is 465 g/mol. The highest BCUT2D eigenvalue weighted by atomic mass is 16.5. The molecule has 0 fully saturated rings. The largest absolute Gasteiger partial charge is 0.492 e. The Hall–Kier alpha value is -4.58. The van der Waals surface area contributed by atoms with Gasteiger partial charge in [0.1, 0.15) is 29.5 Å². The third-order valence-electron chi connectivity index (χ3n) is 5.73. The molecule has 5 rings (SSSR count). The number of aromatic carboxylic acids is 1. The Labute approximate surface area is 203 Å². The molecular weight excluding hydrogens is 440 g/mol. The predicted octanol–water partition coefficient (Wildman–Crippen LogP) is 6.58. The van der Waals surface area contributed by atoms with Gasteiger partial charge in [0.05, 0.1) is 17.8 Å². The van der Waals surface area contributed by atoms with Crippen molar-refractivity contribution in [1.82, 2.24) is 9.55 Å². The molecule has 0 radical (unpaired) electrons. The van der Waals surface area contributed by atoms with Crippen LogP contribution in [-0.2, 0) is 6.54 Å². The Morgan fingerprint density at radius 3 is 2.37 bits per heavy atom. The van der Waals surface area contributed by atoms with Gasteiger partial charge in [0.2, 0.25) is 0 Å². The first-order chi connectivity index (χ1) is 17.1. The summed E-state index contributed by atoms with van der Waals surface area (Å²) in [5.74, 6) is 1.17. The monoisotopic (exact) mass is 464 g/mol. The van der Waals surface area contributed by atoms with Crippen LogP contribution in [0.1, 0.15) is 16.1 Å². The summed E-state index contributed by atoms with van der Waals surface area (Å²) in [4.78, 5) is 16.6. The van der Waals surface area contributed by atoms with E-state index in [0.717, 1.165) is 33.5 Å². The van der Waals surface area contributed by atoms with Crippen LogP contribution in [0.25, 0.3) is 22.2 Å². The van der Waals surface area contributed by atoms with Gasteiger partial charge in [0, 0.05) is 17.1 Å². The van der Waals surface area contributed by atoms with Crippen molar-refractivity contribution in [3.05, 3.63) is 108 Å². The summed E-state index contributed by atoms with van der Waals surface area (Å²) >= 11 is 0. The number of fused-ring (bicyclic) bond motifs is 1. The second kappa shape index (κ2) is 9.73. The Bertz CT molecular complexity index is 1470. The molecular formula is C29H24N2O4. The van der Waals surface area contributed by atoms with Gasteiger partial charge in [-0.15, -0.1) is 0 Å². The number of hydrogen-bond acceptors (Lipinski definition) is 4. The third kappa shape index (κ3) is 4.87. The van der Waals surface area contributed by atoms with E-state index in [0.29, 0.717) is 24.7 Å². The number of carbonyl (C=O) groups is 1. The molecule has 0 aliphatic heterocycles. The number of carboxylic acids is 1. The van der Waals surface area contributed by atoms with Crippen molar-refractivity contribution in [2.45, 2.75) is 13.5 Å². The number of rotatable bonds is 8. The molecule has 0 saturated carbocycles. The van der Waals surface area contributed by atoms with Crippen LogP contribution < -0.4 is 9.47 Å². The van der Waals surface area contributed by atoms with Crippen LogP contribution in [0.3, 0.4) is 0 Å². The van der Waals surface area contributed by atoms with E-state index in [1.165, 1.54) is 0 Å². The van der Waals surface area contributed by atoms with E-state index < -0.39 is 5.97 Å². The van der Waals surface area contributed by atoms with Gasteiger partial charge < -0.3 is 19.1 Å². The topological polar surface area (TPSA) is 73.6 Å². The standard InChI is InChI=1S/C29H24N2O4/c1-20-6-5-7-21(18-20)28-25-19-27(29(32)33)31(26(25)14-15-30-28)16-17-34-22-10-12-24(13-11-22)35-23-8-3-2-4-9-23/h2-15,18-19H,16-17H2,1H3,(H,32,33). The number of aromatic nitrogens is 2. The highest BCUT2D eigenvalue weighted by molar-refractivity contribution is 6.00. The van der Waals surface area contributed by atoms with Crippen molar-refractivity contribution in [3.8, 4) is 28.5 Å². The summed E-state index contributed by atoms with van der Waals surface area (Å²) in [6, 6.07) is 28.5. The number of nitrogens with zero attached hydrogens (tertiary/aromatic N) is 2. The summed E-state index contributed by atoms with van der Waals surface area (Å²) in [5, 5.41) is 10.6. The lowest BCUT2D eigenvalue weighted by Gasteiger charge is -2.11. The lowest BCUT2D eigenvalue weighted by atomic mass is 10.1. The Morgan fingerprint density at radius 1 is 0.886 bits per heavy atom. The maximum atomic E-state index is 12.0. The zero-order chi connectivity index (χ0) is 24.2. The van der Waals surface area contributed by atoms with E-state index in [4.69, 9.17) is 9.47 Å². The van der Waals surface area contributed by atoms with E-state index in [1.807, 2.05) is 91.9 Å². The highest BCUT2D eigenvalue weighted by Crippen LogP contribution is 2.30. The van der Waals surface area contributed by atoms with Crippen molar-refractivity contribution < 1.29 is 19.4 Å². The van der Waals surface area contributed by atoms with Gasteiger partial charge in [-0.1, -0.05) is 42.0 Å². The molecule has 0 amide bonds. The zero-order valence-corrected chi connectivity index (χ0v) is 19.2. The van der Waals surface area contributed by atoms with Crippen LogP contribution in [-0.4, -0.2) is 27.2 Å².